The van der Waals surface area contributed by atoms with Crippen molar-refractivity contribution in [3.63, 3.8) is 0 Å². The molecule has 1 amide bonds. The van der Waals surface area contributed by atoms with E-state index >= 15 is 0 Å². The maximum atomic E-state index is 13.3. The quantitative estimate of drug-likeness (QED) is 0.444. The van der Waals surface area contributed by atoms with E-state index in [0.29, 0.717) is 29.9 Å². The average Bonchev–Trinajstić information content (AvgIpc) is 3.60. The Balaban J connectivity index is 1.27. The minimum absolute atomic E-state index is 0.109. The Morgan fingerprint density at radius 1 is 1.03 bits per heavy atom. The number of nitrogens with one attached hydrogen (secondary N) is 1. The number of nitrogens with zero attached hydrogens (tertiary/aromatic N) is 3. The van der Waals surface area contributed by atoms with Crippen LogP contribution in [0.15, 0.2) is 65.0 Å². The van der Waals surface area contributed by atoms with Gasteiger partial charge >= 0.3 is 0 Å². The number of thiophene rings is 1. The summed E-state index contributed by atoms with van der Waals surface area (Å²) in [7, 11) is 2.14. The van der Waals surface area contributed by atoms with Crippen molar-refractivity contribution in [3.05, 3.63) is 87.1 Å². The lowest BCUT2D eigenvalue weighted by Crippen LogP contribution is -2.44. The van der Waals surface area contributed by atoms with E-state index < -0.39 is 0 Å². The molecule has 2 aliphatic rings. The van der Waals surface area contributed by atoms with Crippen LogP contribution in [-0.4, -0.2) is 55.7 Å². The number of aliphatic imine (C=N–C) groups is 1. The number of amides is 1. The second-order valence-corrected chi connectivity index (χ2v) is 11.3. The Morgan fingerprint density at radius 3 is 2.43 bits per heavy atom. The molecule has 3 aromatic rings. The number of hydrogen-bond acceptors (Lipinski definition) is 6. The Labute approximate surface area is 223 Å². The number of carbonyl (C=O) groups excluding carboxylic acids is 2. The first-order chi connectivity index (χ1) is 17.9. The predicted octanol–water partition coefficient (Wildman–Crippen LogP) is 5.13. The number of fused-ring (bicyclic) bond motifs is 1. The largest absolute Gasteiger partial charge is 0.369 e. The summed E-state index contributed by atoms with van der Waals surface area (Å²) in [6.45, 7) is 8.85. The van der Waals surface area contributed by atoms with E-state index in [0.717, 1.165) is 49.4 Å². The van der Waals surface area contributed by atoms with Gasteiger partial charge in [-0.15, -0.1) is 11.3 Å². The van der Waals surface area contributed by atoms with Crippen molar-refractivity contribution in [2.24, 2.45) is 4.99 Å². The molecule has 0 radical (unpaired) electrons. The zero-order valence-corrected chi connectivity index (χ0v) is 22.6. The number of piperazine rings is 1. The highest BCUT2D eigenvalue weighted by Crippen LogP contribution is 2.36. The second kappa shape index (κ2) is 10.6. The number of carbonyl (C=O) groups is 2. The van der Waals surface area contributed by atoms with Crippen LogP contribution in [0.1, 0.15) is 63.4 Å². The zero-order valence-electron chi connectivity index (χ0n) is 21.8. The van der Waals surface area contributed by atoms with Crippen molar-refractivity contribution in [2.75, 3.05) is 38.1 Å². The Bertz CT molecular complexity index is 1310. The van der Waals surface area contributed by atoms with Crippen LogP contribution in [0.2, 0.25) is 0 Å². The average molecular weight is 515 g/mol. The topological polar surface area (TPSA) is 65.0 Å². The normalized spacial score (nSPS) is 17.2. The van der Waals surface area contributed by atoms with Gasteiger partial charge in [0.2, 0.25) is 0 Å². The molecule has 2 aliphatic heterocycles. The standard InChI is InChI=1S/C30H34N4O2S/c1-4-30(2,27-6-5-17-37-27)19-26(35)22-7-8-23-20-31-28(25(23)18-22)32-29(36)21-9-11-24(12-10-21)34-15-13-33(3)14-16-34/h5-12,17-18H,4,13-16,19-20H2,1-3H3,(H,31,32,36). The maximum absolute atomic E-state index is 13.3. The Hall–Kier alpha value is -3.29. The Morgan fingerprint density at radius 2 is 1.76 bits per heavy atom. The molecule has 0 saturated carbocycles. The number of benzene rings is 2. The predicted molar refractivity (Wildman–Crippen MR) is 151 cm³/mol. The molecule has 1 unspecified atom stereocenters. The van der Waals surface area contributed by atoms with Gasteiger partial charge in [-0.1, -0.05) is 32.0 Å². The van der Waals surface area contributed by atoms with Gasteiger partial charge in [0.15, 0.2) is 5.78 Å². The fourth-order valence-electron chi connectivity index (χ4n) is 5.00. The molecule has 0 spiro atoms. The first-order valence-corrected chi connectivity index (χ1v) is 13.8. The molecule has 0 bridgehead atoms. The monoisotopic (exact) mass is 514 g/mol. The third-order valence-electron chi connectivity index (χ3n) is 7.77. The van der Waals surface area contributed by atoms with Gasteiger partial charge in [0, 0.05) is 65.3 Å². The highest BCUT2D eigenvalue weighted by molar-refractivity contribution is 7.10. The molecular formula is C30H34N4O2S. The van der Waals surface area contributed by atoms with Gasteiger partial charge in [0.1, 0.15) is 5.84 Å². The summed E-state index contributed by atoms with van der Waals surface area (Å²) >= 11 is 1.70. The van der Waals surface area contributed by atoms with Crippen LogP contribution >= 0.6 is 11.3 Å². The number of likely N-dealkylation sites (N-methyl/N-ethyl adjacent to an activating group) is 1. The molecule has 5 rings (SSSR count). The molecule has 1 aromatic heterocycles. The van der Waals surface area contributed by atoms with E-state index in [1.807, 2.05) is 48.5 Å². The molecule has 7 heteroatoms. The molecule has 1 N–H and O–H groups in total. The van der Waals surface area contributed by atoms with E-state index in [2.05, 4.69) is 52.5 Å². The minimum atomic E-state index is -0.190. The lowest BCUT2D eigenvalue weighted by atomic mass is 9.79. The van der Waals surface area contributed by atoms with Crippen molar-refractivity contribution in [2.45, 2.75) is 38.6 Å². The van der Waals surface area contributed by atoms with E-state index in [9.17, 15) is 9.59 Å². The molecule has 1 saturated heterocycles. The number of ketones is 1. The first kappa shape index (κ1) is 25.4. The van der Waals surface area contributed by atoms with Crippen LogP contribution in [0, 0.1) is 0 Å². The van der Waals surface area contributed by atoms with Gasteiger partial charge in [0.05, 0.1) is 6.54 Å². The minimum Gasteiger partial charge on any atom is -0.369 e. The molecule has 37 heavy (non-hydrogen) atoms. The van der Waals surface area contributed by atoms with Gasteiger partial charge in [-0.05, 0) is 60.8 Å². The van der Waals surface area contributed by atoms with Crippen LogP contribution < -0.4 is 10.2 Å². The van der Waals surface area contributed by atoms with Gasteiger partial charge < -0.3 is 15.1 Å². The smallest absolute Gasteiger partial charge is 0.256 e. The van der Waals surface area contributed by atoms with Crippen LogP contribution in [0.5, 0.6) is 0 Å². The fraction of sp³-hybridized carbons (Fsp3) is 0.367. The van der Waals surface area contributed by atoms with E-state index in [1.165, 1.54) is 4.88 Å². The van der Waals surface area contributed by atoms with Gasteiger partial charge in [-0.3, -0.25) is 14.6 Å². The van der Waals surface area contributed by atoms with E-state index in [-0.39, 0.29) is 17.1 Å². The maximum Gasteiger partial charge on any atom is 0.256 e. The van der Waals surface area contributed by atoms with E-state index in [1.54, 1.807) is 11.3 Å². The second-order valence-electron chi connectivity index (χ2n) is 10.3. The van der Waals surface area contributed by atoms with Crippen molar-refractivity contribution >= 4 is 34.6 Å². The fourth-order valence-corrected chi connectivity index (χ4v) is 5.96. The Kier molecular flexibility index (Phi) is 7.26. The summed E-state index contributed by atoms with van der Waals surface area (Å²) < 4.78 is 0. The molecule has 1 fully saturated rings. The van der Waals surface area contributed by atoms with Crippen LogP contribution in [0.3, 0.4) is 0 Å². The molecule has 1 atom stereocenters. The van der Waals surface area contributed by atoms with Crippen molar-refractivity contribution < 1.29 is 9.59 Å². The van der Waals surface area contributed by atoms with Crippen LogP contribution in [-0.2, 0) is 12.0 Å². The highest BCUT2D eigenvalue weighted by atomic mass is 32.1. The highest BCUT2D eigenvalue weighted by Gasteiger charge is 2.30. The van der Waals surface area contributed by atoms with Crippen molar-refractivity contribution in [3.8, 4) is 0 Å². The van der Waals surface area contributed by atoms with Crippen LogP contribution in [0.25, 0.3) is 0 Å². The number of amidine groups is 1. The van der Waals surface area contributed by atoms with Gasteiger partial charge in [0.25, 0.3) is 5.91 Å². The summed E-state index contributed by atoms with van der Waals surface area (Å²) in [6.07, 6.45) is 1.34. The van der Waals surface area contributed by atoms with Gasteiger partial charge in [-0.2, -0.15) is 0 Å². The molecule has 2 aromatic carbocycles. The summed E-state index contributed by atoms with van der Waals surface area (Å²) in [4.78, 5) is 36.8. The lowest BCUT2D eigenvalue weighted by molar-refractivity contribution is 0.0950. The van der Waals surface area contributed by atoms with Crippen molar-refractivity contribution in [1.82, 2.24) is 10.2 Å². The van der Waals surface area contributed by atoms with Gasteiger partial charge in [-0.25, -0.2) is 0 Å². The molecule has 0 aliphatic carbocycles. The summed E-state index contributed by atoms with van der Waals surface area (Å²) in [5.74, 6) is 0.455. The summed E-state index contributed by atoms with van der Waals surface area (Å²) in [6, 6.07) is 17.7. The van der Waals surface area contributed by atoms with Crippen molar-refractivity contribution in [1.29, 1.82) is 0 Å². The van der Waals surface area contributed by atoms with Crippen LogP contribution in [0.4, 0.5) is 5.69 Å². The third-order valence-corrected chi connectivity index (χ3v) is 8.95. The molecule has 6 nitrogen and oxygen atoms in total. The first-order valence-electron chi connectivity index (χ1n) is 13.0. The summed E-state index contributed by atoms with van der Waals surface area (Å²) in [5.41, 5.74) is 4.06. The number of hydrogen-bond donors (Lipinski definition) is 1. The zero-order chi connectivity index (χ0) is 26.0. The van der Waals surface area contributed by atoms with E-state index in [4.69, 9.17) is 0 Å². The SMILES string of the molecule is CCC(C)(CC(=O)c1ccc2c(c1)C(NC(=O)c1ccc(N3CCN(C)CC3)cc1)=NC2)c1cccs1. The molecular weight excluding hydrogens is 480 g/mol. The number of anilines is 1. The number of Topliss-reactive ketones (excluding diaryl/α,β-unsaturated/α-hetero) is 1. The third kappa shape index (κ3) is 5.38. The summed E-state index contributed by atoms with van der Waals surface area (Å²) in [5, 5.41) is 5.05. The number of rotatable bonds is 7. The molecule has 3 heterocycles. The molecule has 192 valence electrons. The lowest BCUT2D eigenvalue weighted by Gasteiger charge is -2.34.